The van der Waals surface area contributed by atoms with Crippen molar-refractivity contribution in [1.29, 1.82) is 10.5 Å². The van der Waals surface area contributed by atoms with Gasteiger partial charge in [0.1, 0.15) is 11.8 Å². The second-order valence-corrected chi connectivity index (χ2v) is 6.95. The van der Waals surface area contributed by atoms with E-state index in [1.54, 1.807) is 6.07 Å². The number of carbonyl (C=O) groups is 1. The van der Waals surface area contributed by atoms with E-state index in [1.165, 1.54) is 23.2 Å². The van der Waals surface area contributed by atoms with Gasteiger partial charge in [0.15, 0.2) is 11.3 Å². The molecule has 1 fully saturated rings. The first-order valence-electron chi connectivity index (χ1n) is 8.00. The molecule has 1 N–H and O–H groups in total. The van der Waals surface area contributed by atoms with Crippen LogP contribution in [-0.2, 0) is 4.79 Å². The first kappa shape index (κ1) is 19.5. The molecular weight excluding hydrogens is 395 g/mol. The van der Waals surface area contributed by atoms with E-state index in [1.807, 2.05) is 6.19 Å². The summed E-state index contributed by atoms with van der Waals surface area (Å²) in [7, 11) is 0. The first-order chi connectivity index (χ1) is 13.3. The normalized spacial score (nSPS) is 16.3. The molecule has 1 amide bonds. The van der Waals surface area contributed by atoms with Crippen molar-refractivity contribution in [1.82, 2.24) is 9.88 Å². The SMILES string of the molecule is N#Cc1ccc(-c2cnc(NC(=O)C3CCN(C#N)C3)s2)cc1OC(F)(F)F. The maximum absolute atomic E-state index is 12.5. The summed E-state index contributed by atoms with van der Waals surface area (Å²) in [4.78, 5) is 18.3. The fraction of sp³-hybridized carbons (Fsp3) is 0.294. The third-order valence-corrected chi connectivity index (χ3v) is 5.01. The zero-order chi connectivity index (χ0) is 20.3. The van der Waals surface area contributed by atoms with Gasteiger partial charge in [-0.1, -0.05) is 17.4 Å². The molecule has 11 heteroatoms. The Hall–Kier alpha value is -3.31. The maximum atomic E-state index is 12.5. The van der Waals surface area contributed by atoms with E-state index in [-0.39, 0.29) is 22.5 Å². The Kier molecular flexibility index (Phi) is 5.38. The molecule has 7 nitrogen and oxygen atoms in total. The minimum atomic E-state index is -4.92. The second-order valence-electron chi connectivity index (χ2n) is 5.92. The number of benzene rings is 1. The smallest absolute Gasteiger partial charge is 0.404 e. The van der Waals surface area contributed by atoms with E-state index in [2.05, 4.69) is 15.0 Å². The summed E-state index contributed by atoms with van der Waals surface area (Å²) in [6, 6.07) is 5.45. The summed E-state index contributed by atoms with van der Waals surface area (Å²) < 4.78 is 41.5. The molecule has 0 radical (unpaired) electrons. The number of rotatable bonds is 4. The van der Waals surface area contributed by atoms with Gasteiger partial charge in [-0.15, -0.1) is 13.2 Å². The molecule has 1 atom stereocenters. The molecule has 3 rings (SSSR count). The summed E-state index contributed by atoms with van der Waals surface area (Å²) >= 11 is 1.08. The van der Waals surface area contributed by atoms with Crippen molar-refractivity contribution in [2.75, 3.05) is 18.4 Å². The number of thiazole rings is 1. The second kappa shape index (κ2) is 7.74. The van der Waals surface area contributed by atoms with E-state index in [4.69, 9.17) is 10.5 Å². The lowest BCUT2D eigenvalue weighted by Crippen LogP contribution is -2.25. The molecule has 28 heavy (non-hydrogen) atoms. The number of ether oxygens (including phenoxy) is 1. The zero-order valence-electron chi connectivity index (χ0n) is 14.2. The predicted molar refractivity (Wildman–Crippen MR) is 92.9 cm³/mol. The minimum Gasteiger partial charge on any atom is -0.404 e. The summed E-state index contributed by atoms with van der Waals surface area (Å²) in [5, 5.41) is 20.7. The minimum absolute atomic E-state index is 0.248. The summed E-state index contributed by atoms with van der Waals surface area (Å²) in [6.07, 6.45) is -0.954. The fourth-order valence-corrected chi connectivity index (χ4v) is 3.53. The molecule has 0 aliphatic carbocycles. The lowest BCUT2D eigenvalue weighted by Gasteiger charge is -2.11. The number of hydrogen-bond acceptors (Lipinski definition) is 7. The van der Waals surface area contributed by atoms with Crippen molar-refractivity contribution >= 4 is 22.4 Å². The molecule has 2 heterocycles. The molecule has 0 bridgehead atoms. The van der Waals surface area contributed by atoms with Gasteiger partial charge in [-0.3, -0.25) is 4.79 Å². The number of nitrogens with zero attached hydrogens (tertiary/aromatic N) is 4. The monoisotopic (exact) mass is 407 g/mol. The number of nitriles is 2. The molecular formula is C17H12F3N5O2S. The van der Waals surface area contributed by atoms with Crippen LogP contribution in [0.5, 0.6) is 5.75 Å². The van der Waals surface area contributed by atoms with Crippen LogP contribution in [0.15, 0.2) is 24.4 Å². The Bertz CT molecular complexity index is 976. The van der Waals surface area contributed by atoms with Gasteiger partial charge in [-0.2, -0.15) is 10.5 Å². The molecule has 1 aromatic carbocycles. The van der Waals surface area contributed by atoms with Crippen molar-refractivity contribution in [3.8, 4) is 28.5 Å². The Balaban J connectivity index is 1.75. The fourth-order valence-electron chi connectivity index (χ4n) is 2.72. The van der Waals surface area contributed by atoms with Gasteiger partial charge in [0.2, 0.25) is 5.91 Å². The number of halogens is 3. The van der Waals surface area contributed by atoms with Crippen molar-refractivity contribution < 1.29 is 22.7 Å². The molecule has 1 aliphatic rings. The van der Waals surface area contributed by atoms with Crippen LogP contribution in [0.3, 0.4) is 0 Å². The van der Waals surface area contributed by atoms with Gasteiger partial charge in [0, 0.05) is 19.3 Å². The Morgan fingerprint density at radius 2 is 2.18 bits per heavy atom. The standard InChI is InChI=1S/C17H12F3N5O2S/c18-17(19,20)27-13-5-10(1-2-11(13)6-21)14-7-23-16(28-14)24-15(26)12-3-4-25(8-12)9-22/h1-2,5,7,12H,3-4,8H2,(H,23,24,26). The van der Waals surface area contributed by atoms with Crippen LogP contribution in [0, 0.1) is 28.7 Å². The number of anilines is 1. The first-order valence-corrected chi connectivity index (χ1v) is 8.82. The lowest BCUT2D eigenvalue weighted by molar-refractivity contribution is -0.274. The predicted octanol–water partition coefficient (Wildman–Crippen LogP) is 3.32. The van der Waals surface area contributed by atoms with Crippen LogP contribution in [0.1, 0.15) is 12.0 Å². The molecule has 144 valence electrons. The van der Waals surface area contributed by atoms with Crippen LogP contribution >= 0.6 is 11.3 Å². The lowest BCUT2D eigenvalue weighted by atomic mass is 10.1. The summed E-state index contributed by atoms with van der Waals surface area (Å²) in [5.41, 5.74) is 0.121. The summed E-state index contributed by atoms with van der Waals surface area (Å²) in [5.74, 6) is -1.19. The molecule has 1 saturated heterocycles. The molecule has 2 aromatic rings. The molecule has 1 unspecified atom stereocenters. The largest absolute Gasteiger partial charge is 0.573 e. The Morgan fingerprint density at radius 3 is 2.82 bits per heavy atom. The van der Waals surface area contributed by atoms with Gasteiger partial charge in [-0.25, -0.2) is 4.98 Å². The average molecular weight is 407 g/mol. The molecule has 1 aliphatic heterocycles. The van der Waals surface area contributed by atoms with Gasteiger partial charge in [0.05, 0.1) is 16.4 Å². The molecule has 0 spiro atoms. The Labute approximate surface area is 161 Å². The number of aromatic nitrogens is 1. The van der Waals surface area contributed by atoms with Crippen molar-refractivity contribution in [3.63, 3.8) is 0 Å². The van der Waals surface area contributed by atoms with Gasteiger partial charge >= 0.3 is 6.36 Å². The van der Waals surface area contributed by atoms with Crippen molar-refractivity contribution in [2.45, 2.75) is 12.8 Å². The topological polar surface area (TPSA) is 102 Å². The highest BCUT2D eigenvalue weighted by Gasteiger charge is 2.32. The highest BCUT2D eigenvalue weighted by Crippen LogP contribution is 2.35. The number of nitrogens with one attached hydrogen (secondary N) is 1. The highest BCUT2D eigenvalue weighted by molar-refractivity contribution is 7.19. The quantitative estimate of drug-likeness (QED) is 0.780. The van der Waals surface area contributed by atoms with E-state index in [0.717, 1.165) is 17.4 Å². The number of hydrogen-bond donors (Lipinski definition) is 1. The van der Waals surface area contributed by atoms with E-state index in [0.29, 0.717) is 30.0 Å². The van der Waals surface area contributed by atoms with E-state index in [9.17, 15) is 18.0 Å². The van der Waals surface area contributed by atoms with Crippen LogP contribution in [-0.4, -0.2) is 35.2 Å². The van der Waals surface area contributed by atoms with Gasteiger partial charge < -0.3 is 15.0 Å². The average Bonchev–Trinajstić information content (AvgIpc) is 3.29. The highest BCUT2D eigenvalue weighted by atomic mass is 32.1. The van der Waals surface area contributed by atoms with Crippen LogP contribution in [0.25, 0.3) is 10.4 Å². The number of likely N-dealkylation sites (tertiary alicyclic amines) is 1. The van der Waals surface area contributed by atoms with Crippen LogP contribution < -0.4 is 10.1 Å². The third-order valence-electron chi connectivity index (χ3n) is 4.05. The van der Waals surface area contributed by atoms with Crippen LogP contribution in [0.4, 0.5) is 18.3 Å². The maximum Gasteiger partial charge on any atom is 0.573 e. The molecule has 1 aromatic heterocycles. The Morgan fingerprint density at radius 1 is 1.39 bits per heavy atom. The van der Waals surface area contributed by atoms with Gasteiger partial charge in [-0.05, 0) is 24.1 Å². The zero-order valence-corrected chi connectivity index (χ0v) is 15.0. The molecule has 0 saturated carbocycles. The third kappa shape index (κ3) is 4.50. The van der Waals surface area contributed by atoms with Gasteiger partial charge in [0.25, 0.3) is 0 Å². The van der Waals surface area contributed by atoms with E-state index >= 15 is 0 Å². The van der Waals surface area contributed by atoms with Crippen molar-refractivity contribution in [2.24, 2.45) is 5.92 Å². The summed E-state index contributed by atoms with van der Waals surface area (Å²) in [6.45, 7) is 0.860. The number of amides is 1. The number of alkyl halides is 3. The van der Waals surface area contributed by atoms with Crippen LogP contribution in [0.2, 0.25) is 0 Å². The number of carbonyl (C=O) groups excluding carboxylic acids is 1. The van der Waals surface area contributed by atoms with Crippen molar-refractivity contribution in [3.05, 3.63) is 30.0 Å². The van der Waals surface area contributed by atoms with E-state index < -0.39 is 12.1 Å².